The van der Waals surface area contributed by atoms with Crippen LogP contribution >= 0.6 is 0 Å². The van der Waals surface area contributed by atoms with Crippen LogP contribution in [0.4, 0.5) is 13.2 Å². The molecule has 43 heavy (non-hydrogen) atoms. The fourth-order valence-corrected chi connectivity index (χ4v) is 6.21. The van der Waals surface area contributed by atoms with E-state index in [-0.39, 0.29) is 12.1 Å². The lowest BCUT2D eigenvalue weighted by molar-refractivity contribution is -0.137. The molecule has 1 aromatic heterocycles. The first kappa shape index (κ1) is 29.3. The van der Waals surface area contributed by atoms with Crippen LogP contribution in [0.15, 0.2) is 78.4 Å². The zero-order valence-corrected chi connectivity index (χ0v) is 24.3. The van der Waals surface area contributed by atoms with Gasteiger partial charge in [-0.3, -0.25) is 14.6 Å². The number of alkyl halides is 3. The van der Waals surface area contributed by atoms with E-state index in [1.54, 1.807) is 7.11 Å². The first-order valence-electron chi connectivity index (χ1n) is 14.8. The molecule has 0 spiro atoms. The van der Waals surface area contributed by atoms with Gasteiger partial charge in [-0.2, -0.15) is 13.2 Å². The van der Waals surface area contributed by atoms with E-state index >= 15 is 0 Å². The molecule has 4 aliphatic heterocycles. The Labute approximate surface area is 250 Å². The maximum atomic E-state index is 13.3. The predicted octanol–water partition coefficient (Wildman–Crippen LogP) is 4.19. The molecule has 2 aromatic rings. The minimum absolute atomic E-state index is 0.0201. The van der Waals surface area contributed by atoms with E-state index in [1.807, 2.05) is 28.3 Å². The molecule has 1 unspecified atom stereocenters. The zero-order valence-electron chi connectivity index (χ0n) is 24.3. The molecule has 1 N–H and O–H groups in total. The molecule has 1 amide bonds. The molecule has 5 heterocycles. The molecule has 4 aliphatic rings. The van der Waals surface area contributed by atoms with Gasteiger partial charge >= 0.3 is 6.18 Å². The number of aromatic nitrogens is 1. The Hall–Kier alpha value is -3.83. The van der Waals surface area contributed by atoms with Gasteiger partial charge in [-0.05, 0) is 72.8 Å². The number of hydrogen-bond acceptors (Lipinski definition) is 7. The predicted molar refractivity (Wildman–Crippen MR) is 156 cm³/mol. The molecular weight excluding hydrogens is 557 g/mol. The smallest absolute Gasteiger partial charge is 0.416 e. The normalized spacial score (nSPS) is 21.7. The number of hydrogen-bond donors (Lipinski definition) is 1. The van der Waals surface area contributed by atoms with Crippen molar-refractivity contribution in [2.24, 2.45) is 5.92 Å². The van der Waals surface area contributed by atoms with Crippen molar-refractivity contribution in [2.45, 2.75) is 38.3 Å². The maximum Gasteiger partial charge on any atom is 0.416 e. The summed E-state index contributed by atoms with van der Waals surface area (Å²) in [5, 5.41) is 3.41. The Morgan fingerprint density at radius 2 is 1.63 bits per heavy atom. The van der Waals surface area contributed by atoms with Gasteiger partial charge < -0.3 is 19.9 Å². The number of methoxy groups -OCH3 is 1. The van der Waals surface area contributed by atoms with Gasteiger partial charge in [0, 0.05) is 63.9 Å². The van der Waals surface area contributed by atoms with Gasteiger partial charge in [0.15, 0.2) is 0 Å². The van der Waals surface area contributed by atoms with Crippen LogP contribution in [0.25, 0.3) is 0 Å². The number of fused-ring (bicyclic) bond motifs is 1. The molecule has 0 aliphatic carbocycles. The molecule has 0 radical (unpaired) electrons. The van der Waals surface area contributed by atoms with Crippen LogP contribution in [0, 0.1) is 5.92 Å². The van der Waals surface area contributed by atoms with Crippen molar-refractivity contribution in [1.82, 2.24) is 29.9 Å². The third-order valence-electron chi connectivity index (χ3n) is 8.74. The first-order valence-corrected chi connectivity index (χ1v) is 14.8. The Kier molecular flexibility index (Phi) is 8.45. The Morgan fingerprint density at radius 3 is 2.28 bits per heavy atom. The second-order valence-corrected chi connectivity index (χ2v) is 11.6. The van der Waals surface area contributed by atoms with Crippen molar-refractivity contribution < 1.29 is 22.7 Å². The number of halogens is 3. The number of nitrogens with zero attached hydrogens (tertiary/aromatic N) is 5. The number of pyridine rings is 1. The van der Waals surface area contributed by atoms with Crippen LogP contribution in [0.5, 0.6) is 5.88 Å². The molecule has 11 heteroatoms. The van der Waals surface area contributed by atoms with E-state index in [4.69, 9.17) is 4.74 Å². The van der Waals surface area contributed by atoms with E-state index in [2.05, 4.69) is 44.5 Å². The molecule has 2 fully saturated rings. The second kappa shape index (κ2) is 12.4. The highest BCUT2D eigenvalue weighted by Gasteiger charge is 2.33. The summed E-state index contributed by atoms with van der Waals surface area (Å²) in [5.41, 5.74) is 3.29. The molecular formula is C32H37F3N6O2. The van der Waals surface area contributed by atoms with E-state index < -0.39 is 11.7 Å². The summed E-state index contributed by atoms with van der Waals surface area (Å²) in [5.74, 6) is 1.10. The third kappa shape index (κ3) is 6.88. The number of piperazine rings is 1. The van der Waals surface area contributed by atoms with E-state index in [0.717, 1.165) is 50.2 Å². The molecule has 0 bridgehead atoms. The number of rotatable bonds is 7. The first-order chi connectivity index (χ1) is 20.7. The van der Waals surface area contributed by atoms with Crippen LogP contribution in [0.1, 0.15) is 29.5 Å². The Balaban J connectivity index is 0.958. The van der Waals surface area contributed by atoms with Crippen molar-refractivity contribution >= 4 is 5.91 Å². The minimum atomic E-state index is -4.33. The molecule has 228 valence electrons. The highest BCUT2D eigenvalue weighted by atomic mass is 19.4. The van der Waals surface area contributed by atoms with Crippen LogP contribution in [-0.2, 0) is 24.1 Å². The van der Waals surface area contributed by atoms with Crippen molar-refractivity contribution in [2.75, 3.05) is 46.4 Å². The van der Waals surface area contributed by atoms with Gasteiger partial charge in [-0.15, -0.1) is 0 Å². The number of nitrogens with one attached hydrogen (secondary N) is 1. The summed E-state index contributed by atoms with van der Waals surface area (Å²) in [6, 6.07) is 9.29. The van der Waals surface area contributed by atoms with E-state index in [9.17, 15) is 18.0 Å². The molecule has 1 aromatic carbocycles. The van der Waals surface area contributed by atoms with E-state index in [1.165, 1.54) is 23.3 Å². The van der Waals surface area contributed by atoms with Gasteiger partial charge in [0.25, 0.3) is 5.91 Å². The van der Waals surface area contributed by atoms with Crippen LogP contribution in [-0.4, -0.2) is 83.0 Å². The summed E-state index contributed by atoms with van der Waals surface area (Å²) in [7, 11) is 1.62. The van der Waals surface area contributed by atoms with Crippen LogP contribution in [0.2, 0.25) is 0 Å². The topological polar surface area (TPSA) is 64.2 Å². The second-order valence-electron chi connectivity index (χ2n) is 11.6. The lowest BCUT2D eigenvalue weighted by atomic mass is 9.87. The Bertz CT molecular complexity index is 1370. The third-order valence-corrected chi connectivity index (χ3v) is 8.74. The highest BCUT2D eigenvalue weighted by Crippen LogP contribution is 2.32. The summed E-state index contributed by atoms with van der Waals surface area (Å²) in [4.78, 5) is 26.2. The van der Waals surface area contributed by atoms with Gasteiger partial charge in [0.05, 0.1) is 12.7 Å². The van der Waals surface area contributed by atoms with Gasteiger partial charge in [-0.1, -0.05) is 18.2 Å². The molecule has 0 saturated carbocycles. The number of allylic oxidation sites excluding steroid dienone is 2. The number of benzene rings is 1. The fourth-order valence-electron chi connectivity index (χ4n) is 6.21. The van der Waals surface area contributed by atoms with Crippen molar-refractivity contribution in [3.8, 4) is 5.88 Å². The Morgan fingerprint density at radius 1 is 0.953 bits per heavy atom. The van der Waals surface area contributed by atoms with Crippen molar-refractivity contribution in [1.29, 1.82) is 0 Å². The maximum absolute atomic E-state index is 13.3. The number of ether oxygens (including phenoxy) is 1. The SMILES string of the molecule is COc1ccc(CN2CCC(C3=CC4NC(C(=O)N5CCN(Cc6ccc(C(F)(F)F)cc6)CC5)=CN4C=C3)CC2)cn1. The highest BCUT2D eigenvalue weighted by molar-refractivity contribution is 5.93. The molecule has 1 atom stereocenters. The summed E-state index contributed by atoms with van der Waals surface area (Å²) in [6.45, 7) is 5.99. The number of piperidine rings is 1. The number of likely N-dealkylation sites (tertiary alicyclic amines) is 1. The monoisotopic (exact) mass is 594 g/mol. The van der Waals surface area contributed by atoms with Gasteiger partial charge in [0.1, 0.15) is 11.9 Å². The molecule has 2 saturated heterocycles. The van der Waals surface area contributed by atoms with Crippen molar-refractivity contribution in [3.05, 3.63) is 95.1 Å². The zero-order chi connectivity index (χ0) is 30.0. The summed E-state index contributed by atoms with van der Waals surface area (Å²) in [6.07, 6.45) is 8.02. The largest absolute Gasteiger partial charge is 0.481 e. The average molecular weight is 595 g/mol. The summed E-state index contributed by atoms with van der Waals surface area (Å²) < 4.78 is 43.7. The van der Waals surface area contributed by atoms with Gasteiger partial charge in [-0.25, -0.2) is 4.98 Å². The fraction of sp³-hybridized carbons (Fsp3) is 0.438. The van der Waals surface area contributed by atoms with Gasteiger partial charge in [0.2, 0.25) is 5.88 Å². The van der Waals surface area contributed by atoms with Crippen molar-refractivity contribution in [3.63, 3.8) is 0 Å². The molecule has 8 nitrogen and oxygen atoms in total. The lowest BCUT2D eigenvalue weighted by Crippen LogP contribution is -2.49. The van der Waals surface area contributed by atoms with Crippen LogP contribution < -0.4 is 10.1 Å². The quantitative estimate of drug-likeness (QED) is 0.516. The average Bonchev–Trinajstić information content (AvgIpc) is 3.45. The lowest BCUT2D eigenvalue weighted by Gasteiger charge is -2.35. The van der Waals surface area contributed by atoms with Crippen LogP contribution in [0.3, 0.4) is 0 Å². The number of carbonyl (C=O) groups is 1. The number of amides is 1. The standard InChI is InChI=1S/C32H37F3N6O2/c1-43-30-7-4-24(19-36-30)21-38-11-8-25(9-12-38)26-10-13-41-22-28(37-29(41)18-26)31(42)40-16-14-39(15-17-40)20-23-2-5-27(6-3-23)32(33,34)35/h2-7,10,13,18-19,22,25,29,37H,8-9,11-12,14-17,20-21H2,1H3. The number of carbonyl (C=O) groups excluding carboxylic acids is 1. The summed E-state index contributed by atoms with van der Waals surface area (Å²) >= 11 is 0. The molecule has 6 rings (SSSR count). The minimum Gasteiger partial charge on any atom is -0.481 e. The van der Waals surface area contributed by atoms with E-state index in [0.29, 0.717) is 50.2 Å².